The fourth-order valence-electron chi connectivity index (χ4n) is 6.74. The SMILES string of the molecule is CCCCCCCCCCCCOC1(CCCCCCCC)C=CC(c2ccc(-c3ccc(-c4ccccc4)cc3)cc2)=C(F)C1F. The molecule has 0 fully saturated rings. The maximum Gasteiger partial charge on any atom is 0.184 e. The summed E-state index contributed by atoms with van der Waals surface area (Å²) >= 11 is 0. The zero-order chi connectivity index (χ0) is 33.2. The molecule has 3 aromatic carbocycles. The summed E-state index contributed by atoms with van der Waals surface area (Å²) in [6.07, 6.45) is 21.3. The van der Waals surface area contributed by atoms with E-state index in [0.717, 1.165) is 43.2 Å². The van der Waals surface area contributed by atoms with Gasteiger partial charge >= 0.3 is 0 Å². The molecule has 47 heavy (non-hydrogen) atoms. The predicted molar refractivity (Wildman–Crippen MR) is 198 cm³/mol. The molecule has 254 valence electrons. The lowest BCUT2D eigenvalue weighted by molar-refractivity contribution is -0.0652. The van der Waals surface area contributed by atoms with E-state index in [0.29, 0.717) is 24.2 Å². The molecule has 0 amide bonds. The fourth-order valence-corrected chi connectivity index (χ4v) is 6.74. The largest absolute Gasteiger partial charge is 0.367 e. The van der Waals surface area contributed by atoms with E-state index in [4.69, 9.17) is 4.74 Å². The number of halogens is 2. The summed E-state index contributed by atoms with van der Waals surface area (Å²) in [6.45, 7) is 4.93. The molecule has 0 bridgehead atoms. The van der Waals surface area contributed by atoms with Crippen molar-refractivity contribution in [2.45, 2.75) is 135 Å². The minimum absolute atomic E-state index is 0.324. The van der Waals surface area contributed by atoms with Crippen LogP contribution in [-0.4, -0.2) is 18.4 Å². The van der Waals surface area contributed by atoms with Gasteiger partial charge in [-0.25, -0.2) is 8.78 Å². The molecular formula is C44H58F2O. The first-order valence-electron chi connectivity index (χ1n) is 18.7. The molecule has 4 rings (SSSR count). The van der Waals surface area contributed by atoms with E-state index in [-0.39, 0.29) is 0 Å². The van der Waals surface area contributed by atoms with Gasteiger partial charge < -0.3 is 4.74 Å². The lowest BCUT2D eigenvalue weighted by atomic mass is 9.82. The number of benzene rings is 3. The number of hydrogen-bond donors (Lipinski definition) is 0. The van der Waals surface area contributed by atoms with Crippen molar-refractivity contribution in [3.05, 3.63) is 102 Å². The quantitative estimate of drug-likeness (QED) is 0.0993. The first-order chi connectivity index (χ1) is 23.1. The van der Waals surface area contributed by atoms with Gasteiger partial charge in [-0.3, -0.25) is 0 Å². The van der Waals surface area contributed by atoms with Crippen molar-refractivity contribution in [1.82, 2.24) is 0 Å². The first kappa shape index (κ1) is 36.8. The standard InChI is InChI=1S/C44H58F2O/c1-3-5-7-9-11-12-13-14-16-21-35-47-44(33-20-15-10-8-6-4-2)34-32-41(42(45)43(44)46)40-30-28-39(29-31-40)38-26-24-37(25-27-38)36-22-18-17-19-23-36/h17-19,22-32,34,43H,3-16,20-21,33,35H2,1-2H3. The first-order valence-corrected chi connectivity index (χ1v) is 18.7. The summed E-state index contributed by atoms with van der Waals surface area (Å²) in [5, 5.41) is 0. The maximum atomic E-state index is 16.2. The van der Waals surface area contributed by atoms with Crippen LogP contribution in [0.2, 0.25) is 0 Å². The molecular weight excluding hydrogens is 582 g/mol. The molecule has 0 spiro atoms. The highest BCUT2D eigenvalue weighted by atomic mass is 19.2. The maximum absolute atomic E-state index is 16.2. The molecule has 0 saturated carbocycles. The normalized spacial score (nSPS) is 17.8. The second-order valence-electron chi connectivity index (χ2n) is 13.5. The van der Waals surface area contributed by atoms with E-state index in [2.05, 4.69) is 50.2 Å². The summed E-state index contributed by atoms with van der Waals surface area (Å²) in [7, 11) is 0. The monoisotopic (exact) mass is 640 g/mol. The van der Waals surface area contributed by atoms with Crippen LogP contribution >= 0.6 is 0 Å². The number of unbranched alkanes of at least 4 members (excludes halogenated alkanes) is 14. The van der Waals surface area contributed by atoms with Crippen LogP contribution in [0.15, 0.2) is 96.8 Å². The molecule has 0 radical (unpaired) electrons. The van der Waals surface area contributed by atoms with Crippen molar-refractivity contribution in [3.8, 4) is 22.3 Å². The molecule has 0 aromatic heterocycles. The zero-order valence-electron chi connectivity index (χ0n) is 29.1. The number of ether oxygens (including phenoxy) is 1. The third kappa shape index (κ3) is 11.3. The van der Waals surface area contributed by atoms with Crippen molar-refractivity contribution < 1.29 is 13.5 Å². The van der Waals surface area contributed by atoms with Gasteiger partial charge in [0.15, 0.2) is 6.17 Å². The summed E-state index contributed by atoms with van der Waals surface area (Å²) < 4.78 is 38.4. The molecule has 3 aromatic rings. The van der Waals surface area contributed by atoms with Crippen LogP contribution in [0.25, 0.3) is 27.8 Å². The molecule has 0 N–H and O–H groups in total. The Morgan fingerprint density at radius 2 is 0.957 bits per heavy atom. The smallest absolute Gasteiger partial charge is 0.184 e. The van der Waals surface area contributed by atoms with Crippen LogP contribution in [-0.2, 0) is 4.74 Å². The van der Waals surface area contributed by atoms with E-state index in [9.17, 15) is 0 Å². The fraction of sp³-hybridized carbons (Fsp3) is 0.500. The third-order valence-electron chi connectivity index (χ3n) is 9.75. The van der Waals surface area contributed by atoms with Crippen molar-refractivity contribution in [2.24, 2.45) is 0 Å². The Bertz CT molecular complexity index is 1340. The van der Waals surface area contributed by atoms with Gasteiger partial charge in [0.1, 0.15) is 11.4 Å². The number of hydrogen-bond acceptors (Lipinski definition) is 1. The summed E-state index contributed by atoms with van der Waals surface area (Å²) in [5.74, 6) is -0.707. The second kappa shape index (κ2) is 20.4. The minimum Gasteiger partial charge on any atom is -0.367 e. The topological polar surface area (TPSA) is 9.23 Å². The van der Waals surface area contributed by atoms with E-state index in [1.165, 1.54) is 81.8 Å². The summed E-state index contributed by atoms with van der Waals surface area (Å²) in [4.78, 5) is 0. The zero-order valence-corrected chi connectivity index (χ0v) is 29.1. The van der Waals surface area contributed by atoms with Gasteiger partial charge in [0.05, 0.1) is 0 Å². The highest BCUT2D eigenvalue weighted by molar-refractivity contribution is 5.80. The Labute approximate surface area is 284 Å². The lowest BCUT2D eigenvalue weighted by Gasteiger charge is -2.36. The molecule has 1 aliphatic carbocycles. The summed E-state index contributed by atoms with van der Waals surface area (Å²) in [5.41, 5.74) is 4.27. The van der Waals surface area contributed by atoms with Crippen LogP contribution in [0, 0.1) is 0 Å². The highest BCUT2D eigenvalue weighted by Gasteiger charge is 2.44. The Hall–Kier alpha value is -3.04. The molecule has 1 aliphatic rings. The Balaban J connectivity index is 1.35. The van der Waals surface area contributed by atoms with Gasteiger partial charge in [-0.2, -0.15) is 0 Å². The highest BCUT2D eigenvalue weighted by Crippen LogP contribution is 2.41. The molecule has 0 saturated heterocycles. The average molecular weight is 641 g/mol. The molecule has 3 heteroatoms. The van der Waals surface area contributed by atoms with Crippen molar-refractivity contribution in [1.29, 1.82) is 0 Å². The lowest BCUT2D eigenvalue weighted by Crippen LogP contribution is -2.43. The van der Waals surface area contributed by atoms with Gasteiger partial charge in [0.2, 0.25) is 0 Å². The van der Waals surface area contributed by atoms with Crippen molar-refractivity contribution in [3.63, 3.8) is 0 Å². The molecule has 0 aliphatic heterocycles. The molecule has 0 heterocycles. The third-order valence-corrected chi connectivity index (χ3v) is 9.75. The number of allylic oxidation sites excluding steroid dienone is 2. The van der Waals surface area contributed by atoms with Gasteiger partial charge in [-0.05, 0) is 46.7 Å². The molecule has 2 atom stereocenters. The van der Waals surface area contributed by atoms with E-state index < -0.39 is 17.6 Å². The Kier molecular flexibility index (Phi) is 15.9. The average Bonchev–Trinajstić information content (AvgIpc) is 3.11. The van der Waals surface area contributed by atoms with Gasteiger partial charge in [0, 0.05) is 12.2 Å². The van der Waals surface area contributed by atoms with E-state index in [1.807, 2.05) is 48.5 Å². The van der Waals surface area contributed by atoms with E-state index in [1.54, 1.807) is 6.08 Å². The van der Waals surface area contributed by atoms with Crippen LogP contribution in [0.4, 0.5) is 8.78 Å². The Morgan fingerprint density at radius 3 is 1.47 bits per heavy atom. The second-order valence-corrected chi connectivity index (χ2v) is 13.5. The van der Waals surface area contributed by atoms with Crippen molar-refractivity contribution >= 4 is 5.57 Å². The van der Waals surface area contributed by atoms with Crippen molar-refractivity contribution in [2.75, 3.05) is 6.61 Å². The van der Waals surface area contributed by atoms with Gasteiger partial charge in [-0.1, -0.05) is 195 Å². The summed E-state index contributed by atoms with van der Waals surface area (Å²) in [6, 6.07) is 26.6. The number of alkyl halides is 1. The van der Waals surface area contributed by atoms with Crippen LogP contribution in [0.3, 0.4) is 0 Å². The van der Waals surface area contributed by atoms with Crippen LogP contribution < -0.4 is 0 Å². The molecule has 1 nitrogen and oxygen atoms in total. The van der Waals surface area contributed by atoms with Gasteiger partial charge in [-0.15, -0.1) is 0 Å². The van der Waals surface area contributed by atoms with Crippen LogP contribution in [0.1, 0.15) is 129 Å². The minimum atomic E-state index is -1.80. The predicted octanol–water partition coefficient (Wildman–Crippen LogP) is 14.0. The molecule has 2 unspecified atom stereocenters. The Morgan fingerprint density at radius 1 is 0.532 bits per heavy atom. The van der Waals surface area contributed by atoms with E-state index >= 15 is 8.78 Å². The van der Waals surface area contributed by atoms with Gasteiger partial charge in [0.25, 0.3) is 0 Å². The number of rotatable bonds is 22. The van der Waals surface area contributed by atoms with Crippen LogP contribution in [0.5, 0.6) is 0 Å².